The molecule has 1 amide bonds. The van der Waals surface area contributed by atoms with Crippen molar-refractivity contribution in [3.63, 3.8) is 0 Å². The molecule has 24 heavy (non-hydrogen) atoms. The van der Waals surface area contributed by atoms with E-state index in [1.165, 1.54) is 24.0 Å². The fraction of sp³-hybridized carbons (Fsp3) is 0.650. The number of nitrogens with one attached hydrogen (secondary N) is 1. The van der Waals surface area contributed by atoms with Crippen molar-refractivity contribution in [3.05, 3.63) is 35.4 Å². The average Bonchev–Trinajstić information content (AvgIpc) is 3.34. The second kappa shape index (κ2) is 8.52. The minimum Gasteiger partial charge on any atom is -0.444 e. The van der Waals surface area contributed by atoms with Crippen LogP contribution in [0.4, 0.5) is 4.79 Å². The van der Waals surface area contributed by atoms with Gasteiger partial charge in [0.25, 0.3) is 0 Å². The van der Waals surface area contributed by atoms with Gasteiger partial charge in [-0.3, -0.25) is 0 Å². The highest BCUT2D eigenvalue weighted by Gasteiger charge is 2.23. The summed E-state index contributed by atoms with van der Waals surface area (Å²) in [6.07, 6.45) is 3.40. The molecule has 1 N–H and O–H groups in total. The Morgan fingerprint density at radius 2 is 1.92 bits per heavy atom. The largest absolute Gasteiger partial charge is 0.444 e. The highest BCUT2D eigenvalue weighted by molar-refractivity contribution is 5.68. The summed E-state index contributed by atoms with van der Waals surface area (Å²) in [6.45, 7) is 10.8. The maximum atomic E-state index is 12.1. The van der Waals surface area contributed by atoms with E-state index < -0.39 is 5.60 Å². The van der Waals surface area contributed by atoms with Crippen molar-refractivity contribution in [2.75, 3.05) is 19.6 Å². The molecule has 0 heterocycles. The zero-order valence-corrected chi connectivity index (χ0v) is 15.6. The summed E-state index contributed by atoms with van der Waals surface area (Å²) in [5.41, 5.74) is 2.36. The molecule has 134 valence electrons. The molecule has 1 fully saturated rings. The third kappa shape index (κ3) is 6.52. The van der Waals surface area contributed by atoms with E-state index in [4.69, 9.17) is 4.74 Å². The summed E-state index contributed by atoms with van der Waals surface area (Å²) >= 11 is 0. The van der Waals surface area contributed by atoms with Gasteiger partial charge in [-0.2, -0.15) is 0 Å². The number of hydrogen-bond acceptors (Lipinski definition) is 3. The highest BCUT2D eigenvalue weighted by Crippen LogP contribution is 2.39. The fourth-order valence-electron chi connectivity index (χ4n) is 2.66. The lowest BCUT2D eigenvalue weighted by molar-refractivity contribution is 0.0258. The number of amides is 1. The van der Waals surface area contributed by atoms with Gasteiger partial charge in [-0.25, -0.2) is 4.79 Å². The van der Waals surface area contributed by atoms with Crippen LogP contribution in [-0.2, 0) is 11.3 Å². The molecule has 1 saturated carbocycles. The Kier molecular flexibility index (Phi) is 6.67. The summed E-state index contributed by atoms with van der Waals surface area (Å²) in [6, 6.07) is 8.96. The van der Waals surface area contributed by atoms with E-state index in [9.17, 15) is 4.79 Å². The van der Waals surface area contributed by atoms with Crippen molar-refractivity contribution >= 4 is 6.09 Å². The van der Waals surface area contributed by atoms with Gasteiger partial charge in [0.2, 0.25) is 0 Å². The predicted molar refractivity (Wildman–Crippen MR) is 98.2 cm³/mol. The van der Waals surface area contributed by atoms with Crippen LogP contribution >= 0.6 is 0 Å². The Bertz CT molecular complexity index is 515. The van der Waals surface area contributed by atoms with E-state index in [1.54, 1.807) is 4.90 Å². The Morgan fingerprint density at radius 3 is 2.46 bits per heavy atom. The molecule has 4 nitrogen and oxygen atoms in total. The molecule has 0 aromatic heterocycles. The molecule has 4 heteroatoms. The summed E-state index contributed by atoms with van der Waals surface area (Å²) in [5.74, 6) is 0.819. The molecule has 1 aliphatic rings. The third-order valence-corrected chi connectivity index (χ3v) is 4.17. The minimum absolute atomic E-state index is 0.222. The molecule has 1 aliphatic carbocycles. The lowest BCUT2D eigenvalue weighted by Crippen LogP contribution is -2.38. The van der Waals surface area contributed by atoms with Crippen LogP contribution in [0.15, 0.2) is 24.3 Å². The quantitative estimate of drug-likeness (QED) is 0.722. The summed E-state index contributed by atoms with van der Waals surface area (Å²) in [5, 5.41) is 3.45. The number of ether oxygens (including phenoxy) is 1. The predicted octanol–water partition coefficient (Wildman–Crippen LogP) is 4.30. The SMILES string of the molecule is CCN(CCCNCc1ccc(C2CC2)cc1)C(=O)OC(C)(C)C. The Labute approximate surface area is 146 Å². The normalized spacial score (nSPS) is 14.5. The zero-order valence-electron chi connectivity index (χ0n) is 15.6. The second-order valence-electron chi connectivity index (χ2n) is 7.61. The molecule has 0 atom stereocenters. The van der Waals surface area contributed by atoms with Crippen LogP contribution in [0.3, 0.4) is 0 Å². The van der Waals surface area contributed by atoms with Crippen molar-refractivity contribution in [2.24, 2.45) is 0 Å². The number of hydrogen-bond donors (Lipinski definition) is 1. The second-order valence-corrected chi connectivity index (χ2v) is 7.61. The monoisotopic (exact) mass is 332 g/mol. The Hall–Kier alpha value is -1.55. The third-order valence-electron chi connectivity index (χ3n) is 4.17. The van der Waals surface area contributed by atoms with Gasteiger partial charge in [0, 0.05) is 19.6 Å². The van der Waals surface area contributed by atoms with Crippen molar-refractivity contribution in [3.8, 4) is 0 Å². The first-order valence-corrected chi connectivity index (χ1v) is 9.16. The first kappa shape index (κ1) is 18.8. The number of carbonyl (C=O) groups is 1. The molecule has 1 aromatic carbocycles. The minimum atomic E-state index is -0.435. The van der Waals surface area contributed by atoms with E-state index in [0.717, 1.165) is 32.0 Å². The standard InChI is InChI=1S/C20H32N2O2/c1-5-22(19(23)24-20(2,3)4)14-6-13-21-15-16-7-9-17(10-8-16)18-11-12-18/h7-10,18,21H,5-6,11-15H2,1-4H3. The van der Waals surface area contributed by atoms with Crippen molar-refractivity contribution in [1.82, 2.24) is 10.2 Å². The van der Waals surface area contributed by atoms with Gasteiger partial charge in [-0.05, 0) is 70.5 Å². The lowest BCUT2D eigenvalue weighted by atomic mass is 10.1. The molecule has 0 aliphatic heterocycles. The Balaban J connectivity index is 1.63. The van der Waals surface area contributed by atoms with Crippen molar-refractivity contribution in [1.29, 1.82) is 0 Å². The van der Waals surface area contributed by atoms with Gasteiger partial charge >= 0.3 is 6.09 Å². The first-order chi connectivity index (χ1) is 11.4. The highest BCUT2D eigenvalue weighted by atomic mass is 16.6. The topological polar surface area (TPSA) is 41.6 Å². The molecule has 2 rings (SSSR count). The first-order valence-electron chi connectivity index (χ1n) is 9.16. The number of nitrogens with zero attached hydrogens (tertiary/aromatic N) is 1. The maximum Gasteiger partial charge on any atom is 0.410 e. The molecule has 0 bridgehead atoms. The summed E-state index contributed by atoms with van der Waals surface area (Å²) < 4.78 is 5.42. The van der Waals surface area contributed by atoms with Crippen LogP contribution < -0.4 is 5.32 Å². The fourth-order valence-corrected chi connectivity index (χ4v) is 2.66. The summed E-state index contributed by atoms with van der Waals surface area (Å²) in [7, 11) is 0. The van der Waals surface area contributed by atoms with Crippen LogP contribution in [0.5, 0.6) is 0 Å². The van der Waals surface area contributed by atoms with Gasteiger partial charge in [-0.15, -0.1) is 0 Å². The van der Waals surface area contributed by atoms with Crippen molar-refractivity contribution < 1.29 is 9.53 Å². The summed E-state index contributed by atoms with van der Waals surface area (Å²) in [4.78, 5) is 13.8. The molecule has 0 unspecified atom stereocenters. The number of benzene rings is 1. The van der Waals surface area contributed by atoms with Gasteiger partial charge < -0.3 is 15.0 Å². The lowest BCUT2D eigenvalue weighted by Gasteiger charge is -2.26. The molecule has 0 saturated heterocycles. The van der Waals surface area contributed by atoms with Crippen LogP contribution in [0, 0.1) is 0 Å². The van der Waals surface area contributed by atoms with E-state index in [-0.39, 0.29) is 6.09 Å². The van der Waals surface area contributed by atoms with E-state index in [2.05, 4.69) is 29.6 Å². The van der Waals surface area contributed by atoms with Gasteiger partial charge in [0.1, 0.15) is 5.60 Å². The molecule has 0 spiro atoms. The average molecular weight is 332 g/mol. The van der Waals surface area contributed by atoms with Gasteiger partial charge in [0.05, 0.1) is 0 Å². The van der Waals surface area contributed by atoms with Gasteiger partial charge in [-0.1, -0.05) is 24.3 Å². The number of carbonyl (C=O) groups excluding carboxylic acids is 1. The van der Waals surface area contributed by atoms with E-state index >= 15 is 0 Å². The zero-order chi connectivity index (χ0) is 17.6. The Morgan fingerprint density at radius 1 is 1.25 bits per heavy atom. The number of rotatable bonds is 8. The van der Waals surface area contributed by atoms with Crippen molar-refractivity contribution in [2.45, 2.75) is 65.0 Å². The van der Waals surface area contributed by atoms with Crippen LogP contribution in [0.2, 0.25) is 0 Å². The molecule has 1 aromatic rings. The maximum absolute atomic E-state index is 12.1. The van der Waals surface area contributed by atoms with E-state index in [1.807, 2.05) is 27.7 Å². The van der Waals surface area contributed by atoms with Crippen LogP contribution in [0.1, 0.15) is 64.0 Å². The van der Waals surface area contributed by atoms with Crippen LogP contribution in [-0.4, -0.2) is 36.2 Å². The molecule has 0 radical (unpaired) electrons. The molecular formula is C20H32N2O2. The van der Waals surface area contributed by atoms with E-state index in [0.29, 0.717) is 6.54 Å². The van der Waals surface area contributed by atoms with Crippen LogP contribution in [0.25, 0.3) is 0 Å². The smallest absolute Gasteiger partial charge is 0.410 e. The molecular weight excluding hydrogens is 300 g/mol. The van der Waals surface area contributed by atoms with Gasteiger partial charge in [0.15, 0.2) is 0 Å².